The fraction of sp³-hybridized carbons (Fsp3) is 0.464. The van der Waals surface area contributed by atoms with Crippen LogP contribution in [0.5, 0.6) is 5.75 Å². The van der Waals surface area contributed by atoms with Gasteiger partial charge in [0.25, 0.3) is 0 Å². The van der Waals surface area contributed by atoms with Gasteiger partial charge >= 0.3 is 0 Å². The topological polar surface area (TPSA) is 41.5 Å². The molecule has 1 saturated heterocycles. The fourth-order valence-electron chi connectivity index (χ4n) is 5.56. The molecule has 2 aliphatic heterocycles. The second-order valence-electron chi connectivity index (χ2n) is 9.17. The Morgan fingerprint density at radius 1 is 1.14 bits per heavy atom. The maximum Gasteiger partial charge on any atom is 0.214 e. The lowest BCUT2D eigenvalue weighted by atomic mass is 9.89. The molecular formula is C28H36N4OS2. The van der Waals surface area contributed by atoms with Gasteiger partial charge in [-0.3, -0.25) is 9.21 Å². The van der Waals surface area contributed by atoms with Crippen molar-refractivity contribution in [2.45, 2.75) is 69.9 Å². The van der Waals surface area contributed by atoms with Crippen LogP contribution in [0.4, 0.5) is 5.13 Å². The van der Waals surface area contributed by atoms with E-state index in [0.717, 1.165) is 43.4 Å². The van der Waals surface area contributed by atoms with Crippen LogP contribution < -0.4 is 9.04 Å². The highest BCUT2D eigenvalue weighted by atomic mass is 32.2. The molecule has 5 rings (SSSR count). The summed E-state index contributed by atoms with van der Waals surface area (Å²) in [6.45, 7) is 9.38. The summed E-state index contributed by atoms with van der Waals surface area (Å²) in [5.41, 5.74) is 4.26. The number of piperidine rings is 1. The summed E-state index contributed by atoms with van der Waals surface area (Å²) >= 11 is 1.46. The van der Waals surface area contributed by atoms with E-state index in [1.165, 1.54) is 52.4 Å². The minimum absolute atomic E-state index is 0.194. The van der Waals surface area contributed by atoms with Gasteiger partial charge in [0.1, 0.15) is 12.1 Å². The van der Waals surface area contributed by atoms with Crippen molar-refractivity contribution >= 4 is 32.7 Å². The molecule has 7 heteroatoms. The van der Waals surface area contributed by atoms with Gasteiger partial charge in [-0.1, -0.05) is 54.3 Å². The number of hydrogen-bond donors (Lipinski definition) is 0. The second kappa shape index (κ2) is 11.2. The summed E-state index contributed by atoms with van der Waals surface area (Å²) < 4.78 is 12.8. The minimum Gasteiger partial charge on any atom is -0.493 e. The summed E-state index contributed by atoms with van der Waals surface area (Å²) in [6, 6.07) is 17.1. The average molecular weight is 509 g/mol. The molecule has 3 aromatic rings. The van der Waals surface area contributed by atoms with Crippen LogP contribution in [0.2, 0.25) is 0 Å². The number of ether oxygens (including phenoxy) is 1. The first-order valence-corrected chi connectivity index (χ1v) is 14.9. The van der Waals surface area contributed by atoms with E-state index >= 15 is 0 Å². The lowest BCUT2D eigenvalue weighted by Gasteiger charge is -2.43. The molecule has 5 nitrogen and oxygen atoms in total. The van der Waals surface area contributed by atoms with Crippen molar-refractivity contribution < 1.29 is 4.74 Å². The summed E-state index contributed by atoms with van der Waals surface area (Å²) in [6.07, 6.45) is 7.60. The number of benzene rings is 2. The zero-order valence-corrected chi connectivity index (χ0v) is 22.7. The van der Waals surface area contributed by atoms with Crippen molar-refractivity contribution in [1.29, 1.82) is 0 Å². The minimum atomic E-state index is -0.194. The third kappa shape index (κ3) is 5.04. The van der Waals surface area contributed by atoms with Gasteiger partial charge in [0, 0.05) is 47.0 Å². The van der Waals surface area contributed by atoms with Gasteiger partial charge in [-0.15, -0.1) is 0 Å². The molecule has 3 heterocycles. The Hall–Kier alpha value is -2.22. The Balaban J connectivity index is 1.46. The molecule has 2 aliphatic rings. The fourth-order valence-corrected chi connectivity index (χ4v) is 8.11. The lowest BCUT2D eigenvalue weighted by Crippen LogP contribution is -2.38. The smallest absolute Gasteiger partial charge is 0.214 e. The average Bonchev–Trinajstić information content (AvgIpc) is 3.45. The highest BCUT2D eigenvalue weighted by molar-refractivity contribution is 8.16. The highest BCUT2D eigenvalue weighted by Crippen LogP contribution is 2.46. The van der Waals surface area contributed by atoms with Crippen molar-refractivity contribution in [3.8, 4) is 5.75 Å². The molecule has 0 radical (unpaired) electrons. The zero-order chi connectivity index (χ0) is 24.2. The molecule has 0 amide bonds. The number of fused-ring (bicyclic) bond motifs is 1. The summed E-state index contributed by atoms with van der Waals surface area (Å²) in [7, 11) is -0.194. The largest absolute Gasteiger partial charge is 0.493 e. The monoisotopic (exact) mass is 508 g/mol. The first kappa shape index (κ1) is 24.5. The normalized spacial score (nSPS) is 21.3. The van der Waals surface area contributed by atoms with Gasteiger partial charge in [-0.25, -0.2) is 4.98 Å². The van der Waals surface area contributed by atoms with E-state index in [1.807, 2.05) is 0 Å². The Bertz CT molecular complexity index is 1160. The summed E-state index contributed by atoms with van der Waals surface area (Å²) in [4.78, 5) is 8.52. The molecule has 2 unspecified atom stereocenters. The standard InChI is InChI=1S/C28H36N4OS2/c1-4-21-10-9-11-22(18-21)25-12-7-8-16-31(25)26-15-17-33-27-19-23(13-14-24(26)27)35(6-3)32(5-2)28-29-20-30-34-28/h6,9-11,13-14,18-20,25-26H,4-5,7-8,12,15-17H2,1-3H3/t25-,26?,35?/m0/s1. The third-order valence-electron chi connectivity index (χ3n) is 7.23. The maximum absolute atomic E-state index is 6.28. The molecule has 0 saturated carbocycles. The molecule has 1 aromatic heterocycles. The molecule has 0 spiro atoms. The molecule has 35 heavy (non-hydrogen) atoms. The van der Waals surface area contributed by atoms with Gasteiger partial charge in [-0.2, -0.15) is 4.37 Å². The number of likely N-dealkylation sites (tertiary alicyclic amines) is 1. The summed E-state index contributed by atoms with van der Waals surface area (Å²) in [5.74, 6) is 1.05. The van der Waals surface area contributed by atoms with E-state index < -0.39 is 0 Å². The molecular weight excluding hydrogens is 472 g/mol. The number of aromatic nitrogens is 2. The Morgan fingerprint density at radius 3 is 2.83 bits per heavy atom. The predicted molar refractivity (Wildman–Crippen MR) is 149 cm³/mol. The van der Waals surface area contributed by atoms with Gasteiger partial charge in [-0.05, 0) is 68.3 Å². The third-order valence-corrected chi connectivity index (χ3v) is 10.1. The Kier molecular flexibility index (Phi) is 7.85. The number of rotatable bonds is 7. The number of nitrogens with zero attached hydrogens (tertiary/aromatic N) is 4. The SMILES string of the molecule is C/C=S(\c1ccc2c(c1)OCCC2N1CCCC[C@H]1c1cccc(CC)c1)N(CC)c1ncns1. The number of anilines is 1. The van der Waals surface area contributed by atoms with E-state index in [1.54, 1.807) is 6.33 Å². The van der Waals surface area contributed by atoms with Crippen LogP contribution in [0.15, 0.2) is 53.7 Å². The first-order valence-electron chi connectivity index (χ1n) is 12.9. The van der Waals surface area contributed by atoms with E-state index in [4.69, 9.17) is 4.74 Å². The first-order chi connectivity index (χ1) is 17.2. The van der Waals surface area contributed by atoms with Gasteiger partial charge in [0.15, 0.2) is 0 Å². The van der Waals surface area contributed by atoms with Crippen LogP contribution in [-0.2, 0) is 6.42 Å². The van der Waals surface area contributed by atoms with E-state index in [0.29, 0.717) is 12.1 Å². The van der Waals surface area contributed by atoms with E-state index in [-0.39, 0.29) is 10.7 Å². The quantitative estimate of drug-likeness (QED) is 0.320. The van der Waals surface area contributed by atoms with E-state index in [2.05, 4.69) is 87.2 Å². The van der Waals surface area contributed by atoms with Crippen molar-refractivity contribution in [1.82, 2.24) is 14.3 Å². The van der Waals surface area contributed by atoms with E-state index in [9.17, 15) is 0 Å². The Labute approximate surface area is 216 Å². The van der Waals surface area contributed by atoms with Crippen molar-refractivity contribution in [2.75, 3.05) is 24.0 Å². The second-order valence-corrected chi connectivity index (χ2v) is 11.9. The van der Waals surface area contributed by atoms with Gasteiger partial charge in [0.2, 0.25) is 5.13 Å². The Morgan fingerprint density at radius 2 is 2.06 bits per heavy atom. The van der Waals surface area contributed by atoms with Crippen LogP contribution in [0.3, 0.4) is 0 Å². The van der Waals surface area contributed by atoms with Crippen molar-refractivity contribution in [3.63, 3.8) is 0 Å². The molecule has 3 atom stereocenters. The van der Waals surface area contributed by atoms with Crippen molar-refractivity contribution in [3.05, 3.63) is 65.5 Å². The maximum atomic E-state index is 6.28. The van der Waals surface area contributed by atoms with Crippen LogP contribution in [-0.4, -0.2) is 39.3 Å². The van der Waals surface area contributed by atoms with Gasteiger partial charge in [0.05, 0.1) is 6.61 Å². The van der Waals surface area contributed by atoms with Crippen LogP contribution >= 0.6 is 22.2 Å². The zero-order valence-electron chi connectivity index (χ0n) is 21.0. The van der Waals surface area contributed by atoms with Crippen LogP contribution in [0.1, 0.15) is 75.2 Å². The molecule has 0 bridgehead atoms. The molecule has 0 aliphatic carbocycles. The predicted octanol–water partition coefficient (Wildman–Crippen LogP) is 7.04. The lowest BCUT2D eigenvalue weighted by molar-refractivity contribution is 0.0668. The van der Waals surface area contributed by atoms with Crippen LogP contribution in [0.25, 0.3) is 0 Å². The van der Waals surface area contributed by atoms with Crippen molar-refractivity contribution in [2.24, 2.45) is 0 Å². The molecule has 0 N–H and O–H groups in total. The molecule has 186 valence electrons. The number of aryl methyl sites for hydroxylation is 1. The molecule has 1 fully saturated rings. The molecule has 2 aromatic carbocycles. The van der Waals surface area contributed by atoms with Gasteiger partial charge < -0.3 is 4.74 Å². The summed E-state index contributed by atoms with van der Waals surface area (Å²) in [5, 5.41) is 3.24. The number of hydrogen-bond acceptors (Lipinski definition) is 6. The van der Waals surface area contributed by atoms with Crippen LogP contribution in [0, 0.1) is 0 Å². The highest BCUT2D eigenvalue weighted by Gasteiger charge is 2.34.